The van der Waals surface area contributed by atoms with Crippen LogP contribution in [0.3, 0.4) is 0 Å². The quantitative estimate of drug-likeness (QED) is 0.0115. The average Bonchev–Trinajstić information content (AvgIpc) is 1.70. The number of unbranched alkanes of at least 4 members (excludes halogenated alkanes) is 1. The smallest absolute Gasteiger partial charge is 0.691 e. The van der Waals surface area contributed by atoms with Crippen LogP contribution in [-0.4, -0.2) is 202 Å². The molecule has 0 bridgehead atoms. The van der Waals surface area contributed by atoms with Crippen molar-refractivity contribution in [3.63, 3.8) is 0 Å². The second-order valence-electron chi connectivity index (χ2n) is 22.6. The Morgan fingerprint density at radius 3 is 1.99 bits per heavy atom. The number of carbonyl (C=O) groups is 8. The van der Waals surface area contributed by atoms with Gasteiger partial charge in [0.15, 0.2) is 11.5 Å². The molecule has 93 heavy (non-hydrogen) atoms. The maximum absolute atomic E-state index is 14.7. The van der Waals surface area contributed by atoms with Crippen molar-refractivity contribution in [1.29, 1.82) is 0 Å². The molecule has 0 radical (unpaired) electrons. The molecule has 4 aromatic carbocycles. The summed E-state index contributed by atoms with van der Waals surface area (Å²) in [5.41, 5.74) is 8.84. The summed E-state index contributed by atoms with van der Waals surface area (Å²) in [7, 11) is 0. The van der Waals surface area contributed by atoms with Crippen molar-refractivity contribution in [2.45, 2.75) is 132 Å². The molecule has 5 aromatic rings. The van der Waals surface area contributed by atoms with Gasteiger partial charge in [0.05, 0.1) is 49.7 Å². The standard InChI is InChI=1S/C60H72N10O20S2.Na/c1-4-5-20-87-39-17-15-33(16-18-39)32-7-11-35(12-8-32)57-67-68-58(91-57)36-13-9-34(10-14-36)52(79)63-40-23-37(72)26-62-56(83)50-51(78)29(2)27-70(50)60(85)49(44(76)25-46(61)77)66-55(82)48(43(75)21-31-6-19-42(74)45(22-31)88-92-90-89-86)65-54(81)41-24-38(73)28-69(41)59(84)47(30(3)71)64-53(40)80;/h6-19,22,29-30,37-38,40-41,43-44,47-51,71-76,78,86H,4-5,20-21,23-28H2,1-3H3,(H2,61,77)(H,62,83)(H,63,79)(H,64,80)(H,65,81)(H,66,82);/q;+1/p-1/t29?,30?,37?,38?,40-,41?,43?,44?,47?,48?,49?,50?,51?;/m0./s1. The van der Waals surface area contributed by atoms with Crippen molar-refractivity contribution >= 4 is 70.9 Å². The van der Waals surface area contributed by atoms with Gasteiger partial charge in [-0.15, -0.1) is 14.5 Å². The monoisotopic (exact) mass is 1340 g/mol. The van der Waals surface area contributed by atoms with Crippen LogP contribution in [0.15, 0.2) is 91.0 Å². The molecule has 1 aromatic heterocycles. The number of benzene rings is 4. The molecule has 14 N–H and O–H groups in total. The summed E-state index contributed by atoms with van der Waals surface area (Å²) in [5.74, 6) is -10.4. The van der Waals surface area contributed by atoms with Crippen molar-refractivity contribution in [2.24, 2.45) is 11.7 Å². The van der Waals surface area contributed by atoms with Gasteiger partial charge in [-0.2, -0.15) is 0 Å². The molecule has 0 saturated carbocycles. The number of hydrogen-bond acceptors (Lipinski definition) is 24. The minimum atomic E-state index is -2.23. The molecule has 13 atom stereocenters. The minimum absolute atomic E-state index is 0. The predicted octanol–water partition coefficient (Wildman–Crippen LogP) is -4.58. The zero-order valence-corrected chi connectivity index (χ0v) is 54.5. The number of carbonyl (C=O) groups excluding carboxylic acids is 8. The number of β-amino-alcohol motifs (C(OH)–C–C–N with tert-alkyl or cyclic N) is 1. The van der Waals surface area contributed by atoms with Gasteiger partial charge in [0.1, 0.15) is 52.0 Å². The molecule has 8 rings (SSSR count). The van der Waals surface area contributed by atoms with Crippen molar-refractivity contribution in [3.05, 3.63) is 102 Å². The van der Waals surface area contributed by atoms with E-state index in [1.165, 1.54) is 36.5 Å². The van der Waals surface area contributed by atoms with Crippen LogP contribution in [0.1, 0.15) is 68.8 Å². The average molecular weight is 1340 g/mol. The molecular weight excluding hydrogens is 1270 g/mol. The molecule has 3 fully saturated rings. The van der Waals surface area contributed by atoms with E-state index in [1.54, 1.807) is 12.1 Å². The second kappa shape index (κ2) is 33.6. The molecule has 4 heterocycles. The molecule has 0 aliphatic carbocycles. The van der Waals surface area contributed by atoms with Crippen LogP contribution in [0.5, 0.6) is 17.2 Å². The van der Waals surface area contributed by atoms with E-state index in [0.717, 1.165) is 64.1 Å². The minimum Gasteiger partial charge on any atom is -0.691 e. The van der Waals surface area contributed by atoms with Crippen LogP contribution in [-0.2, 0) is 49.4 Å². The Balaban J connectivity index is 0.0000123. The van der Waals surface area contributed by atoms with Crippen molar-refractivity contribution in [1.82, 2.24) is 46.6 Å². The Labute approximate surface area is 563 Å². The van der Waals surface area contributed by atoms with Crippen molar-refractivity contribution < 1.29 is 127 Å². The van der Waals surface area contributed by atoms with Gasteiger partial charge in [-0.1, -0.05) is 86.2 Å². The van der Waals surface area contributed by atoms with Crippen LogP contribution >= 0.6 is 23.7 Å². The Bertz CT molecular complexity index is 3430. The van der Waals surface area contributed by atoms with Gasteiger partial charge in [-0.3, -0.25) is 43.4 Å². The zero-order valence-electron chi connectivity index (χ0n) is 50.9. The van der Waals surface area contributed by atoms with Gasteiger partial charge in [0, 0.05) is 61.5 Å². The summed E-state index contributed by atoms with van der Waals surface area (Å²) in [5, 5.41) is 114. The largest absolute Gasteiger partial charge is 1.00 e. The summed E-state index contributed by atoms with van der Waals surface area (Å²) < 4.78 is 14.9. The van der Waals surface area contributed by atoms with Gasteiger partial charge in [-0.25, -0.2) is 0 Å². The molecule has 3 aliphatic heterocycles. The summed E-state index contributed by atoms with van der Waals surface area (Å²) >= 11 is 1.29. The maximum Gasteiger partial charge on any atom is 1.00 e. The third-order valence-corrected chi connectivity index (χ3v) is 17.1. The van der Waals surface area contributed by atoms with Crippen LogP contribution in [0, 0.1) is 5.92 Å². The first kappa shape index (κ1) is 73.0. The Kier molecular flexibility index (Phi) is 26.4. The van der Waals surface area contributed by atoms with Crippen LogP contribution in [0.2, 0.25) is 0 Å². The van der Waals surface area contributed by atoms with Crippen LogP contribution in [0.25, 0.3) is 32.3 Å². The number of nitrogens with one attached hydrogen (secondary N) is 5. The molecular formula is C60H71N10NaO20S2. The van der Waals surface area contributed by atoms with Crippen molar-refractivity contribution in [3.8, 4) is 49.5 Å². The Morgan fingerprint density at radius 1 is 0.763 bits per heavy atom. The normalized spacial score (nSPS) is 24.3. The van der Waals surface area contributed by atoms with E-state index in [0.29, 0.717) is 22.2 Å². The zero-order chi connectivity index (χ0) is 66.5. The van der Waals surface area contributed by atoms with E-state index in [-0.39, 0.29) is 58.8 Å². The molecule has 12 unspecified atom stereocenters. The fourth-order valence-electron chi connectivity index (χ4n) is 10.8. The first-order valence-corrected chi connectivity index (χ1v) is 30.8. The van der Waals surface area contributed by atoms with E-state index in [9.17, 15) is 79.4 Å². The summed E-state index contributed by atoms with van der Waals surface area (Å²) in [6.07, 6.45) is -11.7. The summed E-state index contributed by atoms with van der Waals surface area (Å²) in [4.78, 5) is 115. The fourth-order valence-corrected chi connectivity index (χ4v) is 11.9. The first-order chi connectivity index (χ1) is 43.9. The molecule has 0 spiro atoms. The number of fused-ring (bicyclic) bond motifs is 2. The number of amides is 8. The van der Waals surface area contributed by atoms with Gasteiger partial charge >= 0.3 is 29.6 Å². The fraction of sp³-hybridized carbons (Fsp3) is 0.433. The number of aromatic hydroxyl groups is 1. The molecule has 33 heteroatoms. The van der Waals surface area contributed by atoms with E-state index in [4.69, 9.17) is 14.7 Å². The number of rotatable bonds is 20. The van der Waals surface area contributed by atoms with Crippen LogP contribution < -0.4 is 76.1 Å². The number of primary amides is 1. The molecule has 8 amide bonds. The maximum atomic E-state index is 14.7. The molecule has 494 valence electrons. The van der Waals surface area contributed by atoms with Gasteiger partial charge in [0.2, 0.25) is 41.4 Å². The number of nitrogens with zero attached hydrogens (tertiary/aromatic N) is 4. The predicted molar refractivity (Wildman–Crippen MR) is 324 cm³/mol. The van der Waals surface area contributed by atoms with E-state index in [1.807, 2.05) is 48.5 Å². The SMILES string of the molecule is CCCCOc1ccc(-c2ccc(-c3nnc(-c4ccc(C(=O)N[C@H]5CC(O)CNC(=O)C6C(O)C(C)CN6C(=O)C(C(O)CC(N)=O)NC(=O)C(C(O)Cc6ccc(O)c(OSOO[O-])c6)NC(=O)C6CC(O)CN6C(=O)C(C(C)O)NC5=O)cc4)s3)cc2)cc1.[Na+]. The van der Waals surface area contributed by atoms with E-state index in [2.05, 4.69) is 53.1 Å². The third-order valence-electron chi connectivity index (χ3n) is 15.7. The number of ether oxygens (including phenoxy) is 1. The Morgan fingerprint density at radius 2 is 1.37 bits per heavy atom. The number of aromatic nitrogens is 2. The number of phenolic OH excluding ortho intramolecular Hbond substituents is 1. The first-order valence-electron chi connectivity index (χ1n) is 29.3. The van der Waals surface area contributed by atoms with Gasteiger partial charge < -0.3 is 92.0 Å². The van der Waals surface area contributed by atoms with E-state index >= 15 is 0 Å². The summed E-state index contributed by atoms with van der Waals surface area (Å²) in [6.45, 7) is 3.58. The second-order valence-corrected chi connectivity index (χ2v) is 24.0. The van der Waals surface area contributed by atoms with Gasteiger partial charge in [0.25, 0.3) is 18.2 Å². The molecule has 3 saturated heterocycles. The Hall–Kier alpha value is -7.41. The van der Waals surface area contributed by atoms with E-state index < -0.39 is 177 Å². The number of aliphatic hydroxyl groups is 6. The number of phenols is 1. The number of hydrogen-bond donors (Lipinski definition) is 13. The van der Waals surface area contributed by atoms with Crippen LogP contribution in [0.4, 0.5) is 0 Å². The van der Waals surface area contributed by atoms with Crippen molar-refractivity contribution in [2.75, 3.05) is 26.2 Å². The molecule has 3 aliphatic rings. The number of aliphatic hydroxyl groups excluding tert-OH is 6. The summed E-state index contributed by atoms with van der Waals surface area (Å²) in [6, 6.07) is 13.4. The third kappa shape index (κ3) is 18.7. The van der Waals surface area contributed by atoms with Gasteiger partial charge in [-0.05, 0) is 66.4 Å². The topological polar surface area (TPSA) is 457 Å². The number of nitrogens with two attached hydrogens (primary N) is 1. The molecule has 30 nitrogen and oxygen atoms in total.